The predicted molar refractivity (Wildman–Crippen MR) is 188 cm³/mol. The molecule has 0 unspecified atom stereocenters. The minimum absolute atomic E-state index is 0.0472. The minimum Gasteiger partial charge on any atom is -0.350 e. The van der Waals surface area contributed by atoms with Gasteiger partial charge in [0.25, 0.3) is 10.0 Å². The molecule has 0 saturated heterocycles. The fraction of sp³-hybridized carbons (Fsp3) is 0.278. The Morgan fingerprint density at radius 1 is 0.870 bits per heavy atom. The van der Waals surface area contributed by atoms with Gasteiger partial charge < -0.3 is 10.2 Å². The molecular weight excluding hydrogens is 686 g/mol. The first-order valence-corrected chi connectivity index (χ1v) is 17.5. The van der Waals surface area contributed by atoms with Crippen molar-refractivity contribution in [3.63, 3.8) is 0 Å². The summed E-state index contributed by atoms with van der Waals surface area (Å²) in [6.07, 6.45) is 0.232. The van der Waals surface area contributed by atoms with Crippen molar-refractivity contribution in [1.82, 2.24) is 10.2 Å². The molecule has 0 bridgehead atoms. The maximum Gasteiger partial charge on any atom is 0.264 e. The number of hydrogen-bond donors (Lipinski definition) is 1. The maximum absolute atomic E-state index is 14.6. The minimum atomic E-state index is -4.21. The van der Waals surface area contributed by atoms with E-state index >= 15 is 0 Å². The average molecular weight is 725 g/mol. The Labute approximate surface area is 285 Å². The third kappa shape index (κ3) is 9.21. The summed E-state index contributed by atoms with van der Waals surface area (Å²) in [7, 11) is -4.21. The fourth-order valence-electron chi connectivity index (χ4n) is 5.04. The van der Waals surface area contributed by atoms with Crippen molar-refractivity contribution in [2.75, 3.05) is 10.8 Å². The zero-order valence-corrected chi connectivity index (χ0v) is 29.8. The molecule has 1 atom stereocenters. The summed E-state index contributed by atoms with van der Waals surface area (Å²) in [4.78, 5) is 30.1. The number of nitrogens with one attached hydrogen (secondary N) is 1. The second-order valence-electron chi connectivity index (χ2n) is 12.3. The molecule has 242 valence electrons. The van der Waals surface area contributed by atoms with Gasteiger partial charge in [0, 0.05) is 28.0 Å². The van der Waals surface area contributed by atoms with Gasteiger partial charge in [0.1, 0.15) is 12.6 Å². The second kappa shape index (κ2) is 14.8. The van der Waals surface area contributed by atoms with Gasteiger partial charge in [0.15, 0.2) is 0 Å². The van der Waals surface area contributed by atoms with Crippen molar-refractivity contribution >= 4 is 55.1 Å². The first-order valence-electron chi connectivity index (χ1n) is 14.9. The van der Waals surface area contributed by atoms with Crippen LogP contribution in [0.1, 0.15) is 43.0 Å². The first-order chi connectivity index (χ1) is 21.6. The number of carbonyl (C=O) groups excluding carboxylic acids is 2. The van der Waals surface area contributed by atoms with Gasteiger partial charge in [0.05, 0.1) is 10.6 Å². The van der Waals surface area contributed by atoms with Crippen molar-refractivity contribution in [3.8, 4) is 0 Å². The Bertz CT molecular complexity index is 1780. The van der Waals surface area contributed by atoms with E-state index in [1.807, 2.05) is 82.3 Å². The lowest BCUT2D eigenvalue weighted by molar-refractivity contribution is -0.140. The van der Waals surface area contributed by atoms with Crippen LogP contribution in [0.3, 0.4) is 0 Å². The number of anilines is 1. The summed E-state index contributed by atoms with van der Waals surface area (Å²) in [6, 6.07) is 27.4. The van der Waals surface area contributed by atoms with Crippen LogP contribution in [0.25, 0.3) is 0 Å². The van der Waals surface area contributed by atoms with E-state index in [1.54, 1.807) is 37.3 Å². The van der Waals surface area contributed by atoms with Crippen LogP contribution in [-0.4, -0.2) is 43.3 Å². The third-order valence-corrected chi connectivity index (χ3v) is 9.89. The van der Waals surface area contributed by atoms with Gasteiger partial charge in [-0.3, -0.25) is 13.9 Å². The molecule has 0 heterocycles. The molecule has 0 spiro atoms. The summed E-state index contributed by atoms with van der Waals surface area (Å²) in [5, 5.41) is 3.49. The Balaban J connectivity index is 1.84. The number of carbonyl (C=O) groups is 2. The number of halogens is 2. The highest BCUT2D eigenvalue weighted by molar-refractivity contribution is 9.10. The van der Waals surface area contributed by atoms with Crippen molar-refractivity contribution in [3.05, 3.63) is 129 Å². The van der Waals surface area contributed by atoms with Crippen molar-refractivity contribution in [1.29, 1.82) is 0 Å². The van der Waals surface area contributed by atoms with Gasteiger partial charge in [-0.25, -0.2) is 8.42 Å². The molecule has 2 amide bonds. The topological polar surface area (TPSA) is 86.8 Å². The molecule has 0 radical (unpaired) electrons. The van der Waals surface area contributed by atoms with E-state index in [2.05, 4.69) is 21.2 Å². The van der Waals surface area contributed by atoms with Crippen molar-refractivity contribution < 1.29 is 18.0 Å². The second-order valence-corrected chi connectivity index (χ2v) is 15.6. The molecule has 0 saturated carbocycles. The van der Waals surface area contributed by atoms with E-state index in [-0.39, 0.29) is 23.8 Å². The lowest BCUT2D eigenvalue weighted by atomic mass is 10.0. The van der Waals surface area contributed by atoms with Crippen LogP contribution in [0.5, 0.6) is 0 Å². The Hall–Kier alpha value is -3.66. The molecule has 10 heteroatoms. The molecule has 0 aliphatic carbocycles. The molecule has 1 N–H and O–H groups in total. The number of rotatable bonds is 11. The van der Waals surface area contributed by atoms with E-state index in [1.165, 1.54) is 17.0 Å². The number of hydrogen-bond acceptors (Lipinski definition) is 4. The molecule has 0 fully saturated rings. The third-order valence-electron chi connectivity index (χ3n) is 7.35. The lowest BCUT2D eigenvalue weighted by Gasteiger charge is -2.35. The van der Waals surface area contributed by atoms with Crippen LogP contribution in [0.2, 0.25) is 5.02 Å². The lowest BCUT2D eigenvalue weighted by Crippen LogP contribution is -2.56. The van der Waals surface area contributed by atoms with Crippen LogP contribution in [0, 0.1) is 13.8 Å². The number of benzene rings is 4. The summed E-state index contributed by atoms with van der Waals surface area (Å²) in [6.45, 7) is 8.80. The van der Waals surface area contributed by atoms with E-state index in [0.29, 0.717) is 16.3 Å². The monoisotopic (exact) mass is 723 g/mol. The zero-order valence-electron chi connectivity index (χ0n) is 26.6. The number of amides is 2. The van der Waals surface area contributed by atoms with Gasteiger partial charge in [-0.2, -0.15) is 0 Å². The highest BCUT2D eigenvalue weighted by atomic mass is 79.9. The highest BCUT2D eigenvalue weighted by Crippen LogP contribution is 2.30. The molecule has 4 aromatic carbocycles. The summed E-state index contributed by atoms with van der Waals surface area (Å²) >= 11 is 9.70. The number of nitrogens with zero attached hydrogens (tertiary/aromatic N) is 2. The molecule has 4 aromatic rings. The number of aryl methyl sites for hydroxylation is 2. The first kappa shape index (κ1) is 35.2. The van der Waals surface area contributed by atoms with Gasteiger partial charge >= 0.3 is 0 Å². The van der Waals surface area contributed by atoms with Crippen LogP contribution >= 0.6 is 27.5 Å². The Kier molecular flexibility index (Phi) is 11.4. The van der Waals surface area contributed by atoms with Crippen LogP contribution in [0.15, 0.2) is 106 Å². The fourth-order valence-corrected chi connectivity index (χ4v) is 7.01. The van der Waals surface area contributed by atoms with Gasteiger partial charge in [-0.05, 0) is 93.8 Å². The molecule has 0 aliphatic rings. The van der Waals surface area contributed by atoms with E-state index in [4.69, 9.17) is 11.6 Å². The molecule has 46 heavy (non-hydrogen) atoms. The highest BCUT2D eigenvalue weighted by Gasteiger charge is 2.36. The SMILES string of the molecule is Cc1ccc(S(=O)(=O)N(CC(=O)N(Cc2ccc(Br)cc2)[C@H](Cc2ccccc2)C(=O)NC(C)(C)C)c2ccc(Cl)cc2C)cc1. The Morgan fingerprint density at radius 3 is 2.09 bits per heavy atom. The molecule has 7 nitrogen and oxygen atoms in total. The van der Waals surface area contributed by atoms with Gasteiger partial charge in [-0.15, -0.1) is 0 Å². The normalized spacial score (nSPS) is 12.3. The average Bonchev–Trinajstić information content (AvgIpc) is 2.98. The Morgan fingerprint density at radius 2 is 1.50 bits per heavy atom. The summed E-state index contributed by atoms with van der Waals surface area (Å²) in [5.41, 5.74) is 2.89. The van der Waals surface area contributed by atoms with Crippen molar-refractivity contribution in [2.45, 2.75) is 64.1 Å². The summed E-state index contributed by atoms with van der Waals surface area (Å²) < 4.78 is 30.5. The smallest absolute Gasteiger partial charge is 0.264 e. The van der Waals surface area contributed by atoms with Gasteiger partial charge in [0.2, 0.25) is 11.8 Å². The van der Waals surface area contributed by atoms with Crippen molar-refractivity contribution in [2.24, 2.45) is 0 Å². The molecular formula is C36H39BrClN3O4S. The predicted octanol–water partition coefficient (Wildman–Crippen LogP) is 7.47. The van der Waals surface area contributed by atoms with E-state index in [9.17, 15) is 18.0 Å². The van der Waals surface area contributed by atoms with Gasteiger partial charge in [-0.1, -0.05) is 87.7 Å². The molecule has 4 rings (SSSR count). The number of sulfonamides is 1. The maximum atomic E-state index is 14.6. The quantitative estimate of drug-likeness (QED) is 0.174. The molecule has 0 aliphatic heterocycles. The van der Waals surface area contributed by atoms with Crippen LogP contribution < -0.4 is 9.62 Å². The van der Waals surface area contributed by atoms with Crippen LogP contribution in [0.4, 0.5) is 5.69 Å². The zero-order chi connectivity index (χ0) is 33.6. The van der Waals surface area contributed by atoms with E-state index < -0.39 is 34.1 Å². The standard InChI is InChI=1S/C36H39BrClN3O4S/c1-25-11-18-31(19-12-25)46(44,45)41(32-20-17-30(38)21-26(32)2)24-34(42)40(23-28-13-15-29(37)16-14-28)33(35(43)39-36(3,4)5)22-27-9-7-6-8-10-27/h6-21,33H,22-24H2,1-5H3,(H,39,43)/t33-/m1/s1. The van der Waals surface area contributed by atoms with Crippen LogP contribution in [-0.2, 0) is 32.6 Å². The van der Waals surface area contributed by atoms with E-state index in [0.717, 1.165) is 25.5 Å². The summed E-state index contributed by atoms with van der Waals surface area (Å²) in [5.74, 6) is -0.865. The molecule has 0 aromatic heterocycles. The largest absolute Gasteiger partial charge is 0.350 e.